The van der Waals surface area contributed by atoms with Crippen molar-refractivity contribution in [1.29, 1.82) is 0 Å². The quantitative estimate of drug-likeness (QED) is 0.548. The highest BCUT2D eigenvalue weighted by Crippen LogP contribution is 2.20. The van der Waals surface area contributed by atoms with Crippen LogP contribution < -0.4 is 15.5 Å². The number of rotatable bonds is 8. The fourth-order valence-corrected chi connectivity index (χ4v) is 3.47. The number of hydrogen-bond donors (Lipinski definition) is 2. The van der Waals surface area contributed by atoms with Crippen LogP contribution in [0.2, 0.25) is 0 Å². The average molecular weight is 380 g/mol. The second-order valence-electron chi connectivity index (χ2n) is 7.21. The third kappa shape index (κ3) is 6.12. The summed E-state index contributed by atoms with van der Waals surface area (Å²) >= 11 is 0. The Bertz CT molecular complexity index is 753. The zero-order valence-electron chi connectivity index (χ0n) is 16.3. The number of anilines is 1. The van der Waals surface area contributed by atoms with Gasteiger partial charge < -0.3 is 15.5 Å². The number of carbonyl (C=O) groups excluding carboxylic acids is 2. The predicted molar refractivity (Wildman–Crippen MR) is 112 cm³/mol. The largest absolute Gasteiger partial charge is 0.372 e. The molecule has 5 heteroatoms. The summed E-state index contributed by atoms with van der Waals surface area (Å²) in [5.41, 5.74) is 3.69. The van der Waals surface area contributed by atoms with Gasteiger partial charge in [0.05, 0.1) is 0 Å². The minimum Gasteiger partial charge on any atom is -0.372 e. The van der Waals surface area contributed by atoms with Crippen molar-refractivity contribution in [2.45, 2.75) is 32.1 Å². The minimum absolute atomic E-state index is 0.458. The molecule has 148 valence electrons. The molecule has 2 aromatic rings. The lowest BCUT2D eigenvalue weighted by molar-refractivity contribution is -0.139. The first-order valence-electron chi connectivity index (χ1n) is 10.2. The summed E-state index contributed by atoms with van der Waals surface area (Å²) in [7, 11) is 0. The minimum atomic E-state index is -0.564. The normalized spacial score (nSPS) is 13.4. The molecule has 1 aliphatic heterocycles. The summed E-state index contributed by atoms with van der Waals surface area (Å²) in [5.74, 6) is -1.12. The van der Waals surface area contributed by atoms with E-state index < -0.39 is 11.8 Å². The molecule has 0 aromatic heterocycles. The molecule has 0 radical (unpaired) electrons. The molecule has 0 spiro atoms. The Morgan fingerprint density at radius 2 is 1.36 bits per heavy atom. The number of nitrogens with one attached hydrogen (secondary N) is 2. The van der Waals surface area contributed by atoms with E-state index in [0.29, 0.717) is 19.5 Å². The van der Waals surface area contributed by atoms with Crippen molar-refractivity contribution in [2.24, 2.45) is 0 Å². The highest BCUT2D eigenvalue weighted by Gasteiger charge is 2.13. The third-order valence-electron chi connectivity index (χ3n) is 5.08. The van der Waals surface area contributed by atoms with Gasteiger partial charge in [0.15, 0.2) is 0 Å². The molecule has 0 unspecified atom stereocenters. The van der Waals surface area contributed by atoms with Gasteiger partial charge in [-0.3, -0.25) is 9.59 Å². The van der Waals surface area contributed by atoms with E-state index in [2.05, 4.69) is 39.8 Å². The summed E-state index contributed by atoms with van der Waals surface area (Å²) < 4.78 is 0. The fourth-order valence-electron chi connectivity index (χ4n) is 3.47. The van der Waals surface area contributed by atoms with Crippen LogP contribution in [0, 0.1) is 0 Å². The standard InChI is InChI=1S/C23H29N3O2/c27-22(23(28)25-16-14-19-7-2-1-3-8-19)24-15-6-9-20-10-12-21(13-11-20)26-17-4-5-18-26/h1-3,7-8,10-13H,4-6,9,14-18H2,(H,24,27)(H,25,28). The van der Waals surface area contributed by atoms with Crippen LogP contribution in [-0.2, 0) is 22.4 Å². The Balaban J connectivity index is 1.29. The van der Waals surface area contributed by atoms with Crippen LogP contribution in [0.5, 0.6) is 0 Å². The smallest absolute Gasteiger partial charge is 0.309 e. The molecule has 0 aliphatic carbocycles. The van der Waals surface area contributed by atoms with Gasteiger partial charge in [-0.25, -0.2) is 0 Å². The number of hydrogen-bond acceptors (Lipinski definition) is 3. The molecule has 1 aliphatic rings. The zero-order chi connectivity index (χ0) is 19.6. The van der Waals surface area contributed by atoms with E-state index in [-0.39, 0.29) is 0 Å². The lowest BCUT2D eigenvalue weighted by Gasteiger charge is -2.17. The molecule has 1 heterocycles. The van der Waals surface area contributed by atoms with Crippen LogP contribution in [0.4, 0.5) is 5.69 Å². The highest BCUT2D eigenvalue weighted by atomic mass is 16.2. The molecule has 1 fully saturated rings. The Hall–Kier alpha value is -2.82. The molecule has 2 N–H and O–H groups in total. The molecule has 2 aromatic carbocycles. The molecule has 0 saturated carbocycles. The van der Waals surface area contributed by atoms with Gasteiger partial charge >= 0.3 is 11.8 Å². The highest BCUT2D eigenvalue weighted by molar-refractivity contribution is 6.35. The van der Waals surface area contributed by atoms with E-state index in [0.717, 1.165) is 31.5 Å². The topological polar surface area (TPSA) is 61.4 Å². The van der Waals surface area contributed by atoms with Crippen molar-refractivity contribution in [1.82, 2.24) is 10.6 Å². The summed E-state index contributed by atoms with van der Waals surface area (Å²) in [4.78, 5) is 26.1. The molecule has 2 amide bonds. The first kappa shape index (κ1) is 19.9. The first-order chi connectivity index (χ1) is 13.7. The van der Waals surface area contributed by atoms with Gasteiger partial charge in [-0.05, 0) is 55.4 Å². The van der Waals surface area contributed by atoms with E-state index in [4.69, 9.17) is 0 Å². The molecule has 5 nitrogen and oxygen atoms in total. The van der Waals surface area contributed by atoms with Crippen molar-refractivity contribution < 1.29 is 9.59 Å². The van der Waals surface area contributed by atoms with Crippen molar-refractivity contribution in [3.05, 3.63) is 65.7 Å². The average Bonchev–Trinajstić information content (AvgIpc) is 3.27. The lowest BCUT2D eigenvalue weighted by atomic mass is 10.1. The van der Waals surface area contributed by atoms with Crippen molar-refractivity contribution in [3.63, 3.8) is 0 Å². The molecular formula is C23H29N3O2. The molecule has 28 heavy (non-hydrogen) atoms. The fraction of sp³-hybridized carbons (Fsp3) is 0.391. The number of amides is 2. The van der Waals surface area contributed by atoms with Crippen LogP contribution in [0.25, 0.3) is 0 Å². The zero-order valence-corrected chi connectivity index (χ0v) is 16.3. The second kappa shape index (κ2) is 10.5. The second-order valence-corrected chi connectivity index (χ2v) is 7.21. The maximum Gasteiger partial charge on any atom is 0.309 e. The predicted octanol–water partition coefficient (Wildman–Crippen LogP) is 2.69. The maximum atomic E-state index is 11.9. The molecule has 3 rings (SSSR count). The van der Waals surface area contributed by atoms with Crippen LogP contribution >= 0.6 is 0 Å². The summed E-state index contributed by atoms with van der Waals surface area (Å²) in [6.45, 7) is 3.26. The number of nitrogens with zero attached hydrogens (tertiary/aromatic N) is 1. The van der Waals surface area contributed by atoms with Gasteiger partial charge in [0.1, 0.15) is 0 Å². The van der Waals surface area contributed by atoms with Gasteiger partial charge in [-0.1, -0.05) is 42.5 Å². The monoisotopic (exact) mass is 379 g/mol. The molecular weight excluding hydrogens is 350 g/mol. The van der Waals surface area contributed by atoms with Crippen LogP contribution in [0.3, 0.4) is 0 Å². The van der Waals surface area contributed by atoms with Crippen LogP contribution in [0.15, 0.2) is 54.6 Å². The van der Waals surface area contributed by atoms with E-state index in [1.54, 1.807) is 0 Å². The Morgan fingerprint density at radius 1 is 0.750 bits per heavy atom. The van der Waals surface area contributed by atoms with E-state index in [1.807, 2.05) is 30.3 Å². The van der Waals surface area contributed by atoms with E-state index in [9.17, 15) is 9.59 Å². The first-order valence-corrected chi connectivity index (χ1v) is 10.2. The SMILES string of the molecule is O=C(NCCCc1ccc(N2CCCC2)cc1)C(=O)NCCc1ccccc1. The summed E-state index contributed by atoms with van der Waals surface area (Å²) in [5, 5.41) is 5.37. The number of benzene rings is 2. The Morgan fingerprint density at radius 3 is 2.04 bits per heavy atom. The lowest BCUT2D eigenvalue weighted by Crippen LogP contribution is -2.41. The maximum absolute atomic E-state index is 11.9. The summed E-state index contributed by atoms with van der Waals surface area (Å²) in [6.07, 6.45) is 4.97. The third-order valence-corrected chi connectivity index (χ3v) is 5.08. The van der Waals surface area contributed by atoms with Crippen molar-refractivity contribution in [2.75, 3.05) is 31.1 Å². The van der Waals surface area contributed by atoms with Crippen LogP contribution in [0.1, 0.15) is 30.4 Å². The van der Waals surface area contributed by atoms with Crippen molar-refractivity contribution >= 4 is 17.5 Å². The van der Waals surface area contributed by atoms with Gasteiger partial charge in [-0.2, -0.15) is 0 Å². The van der Waals surface area contributed by atoms with E-state index in [1.165, 1.54) is 24.1 Å². The summed E-state index contributed by atoms with van der Waals surface area (Å²) in [6, 6.07) is 18.6. The van der Waals surface area contributed by atoms with Gasteiger partial charge in [0, 0.05) is 31.9 Å². The van der Waals surface area contributed by atoms with Gasteiger partial charge in [-0.15, -0.1) is 0 Å². The number of carbonyl (C=O) groups is 2. The Kier molecular flexibility index (Phi) is 7.47. The van der Waals surface area contributed by atoms with Gasteiger partial charge in [0.25, 0.3) is 0 Å². The molecule has 0 atom stereocenters. The van der Waals surface area contributed by atoms with E-state index >= 15 is 0 Å². The van der Waals surface area contributed by atoms with Gasteiger partial charge in [0.2, 0.25) is 0 Å². The Labute approximate surface area is 167 Å². The molecule has 1 saturated heterocycles. The van der Waals surface area contributed by atoms with Crippen LogP contribution in [-0.4, -0.2) is 38.0 Å². The number of aryl methyl sites for hydroxylation is 1. The van der Waals surface area contributed by atoms with Crippen molar-refractivity contribution in [3.8, 4) is 0 Å². The molecule has 0 bridgehead atoms.